The average molecular weight is 368 g/mol. The van der Waals surface area contributed by atoms with Crippen LogP contribution in [-0.2, 0) is 11.2 Å². The van der Waals surface area contributed by atoms with Gasteiger partial charge in [-0.25, -0.2) is 5.43 Å². The van der Waals surface area contributed by atoms with Crippen LogP contribution < -0.4 is 14.9 Å². The number of methoxy groups -OCH3 is 1. The van der Waals surface area contributed by atoms with Crippen molar-refractivity contribution in [3.8, 4) is 17.2 Å². The summed E-state index contributed by atoms with van der Waals surface area (Å²) in [5.74, 6) is 0.685. The van der Waals surface area contributed by atoms with Crippen molar-refractivity contribution in [1.29, 1.82) is 0 Å². The van der Waals surface area contributed by atoms with Crippen LogP contribution >= 0.6 is 0 Å². The number of phenolic OH excluding ortho intramolecular Hbond substituents is 1. The lowest BCUT2D eigenvalue weighted by Crippen LogP contribution is -2.33. The molecule has 0 saturated heterocycles. The first-order valence-corrected chi connectivity index (χ1v) is 8.52. The number of benzene rings is 2. The molecule has 1 amide bonds. The van der Waals surface area contributed by atoms with Crippen molar-refractivity contribution in [2.24, 2.45) is 5.10 Å². The number of hydrogen-bond acceptors (Lipinski definition) is 5. The minimum Gasteiger partial charge on any atom is -0.504 e. The number of allylic oxidation sites excluding steroid dienone is 1. The Kier molecular flexibility index (Phi) is 7.00. The first kappa shape index (κ1) is 20.0. The summed E-state index contributed by atoms with van der Waals surface area (Å²) in [5, 5.41) is 14.1. The van der Waals surface area contributed by atoms with Crippen LogP contribution in [0.1, 0.15) is 23.6 Å². The first-order valence-electron chi connectivity index (χ1n) is 8.52. The highest BCUT2D eigenvalue weighted by Gasteiger charge is 2.15. The Hall–Kier alpha value is -3.28. The van der Waals surface area contributed by atoms with E-state index in [1.807, 2.05) is 31.2 Å². The lowest BCUT2D eigenvalue weighted by Gasteiger charge is -2.14. The van der Waals surface area contributed by atoms with Gasteiger partial charge in [0.05, 0.1) is 13.3 Å². The second-order valence-corrected chi connectivity index (χ2v) is 5.98. The van der Waals surface area contributed by atoms with Crippen molar-refractivity contribution >= 4 is 12.1 Å². The van der Waals surface area contributed by atoms with Crippen LogP contribution in [0.5, 0.6) is 17.2 Å². The maximum Gasteiger partial charge on any atom is 0.280 e. The summed E-state index contributed by atoms with van der Waals surface area (Å²) in [6, 6.07) is 10.9. The van der Waals surface area contributed by atoms with Gasteiger partial charge >= 0.3 is 0 Å². The van der Waals surface area contributed by atoms with Gasteiger partial charge in [-0.2, -0.15) is 5.10 Å². The van der Waals surface area contributed by atoms with Gasteiger partial charge in [-0.3, -0.25) is 4.79 Å². The Balaban J connectivity index is 2.03. The Morgan fingerprint density at radius 3 is 2.74 bits per heavy atom. The van der Waals surface area contributed by atoms with E-state index in [0.29, 0.717) is 29.0 Å². The quantitative estimate of drug-likeness (QED) is 0.425. The summed E-state index contributed by atoms with van der Waals surface area (Å²) in [7, 11) is 1.47. The molecule has 142 valence electrons. The molecule has 0 heterocycles. The molecule has 0 bridgehead atoms. The van der Waals surface area contributed by atoms with Crippen LogP contribution in [0.3, 0.4) is 0 Å². The van der Waals surface area contributed by atoms with Crippen molar-refractivity contribution in [3.05, 3.63) is 65.7 Å². The molecule has 27 heavy (non-hydrogen) atoms. The van der Waals surface area contributed by atoms with E-state index in [1.54, 1.807) is 25.1 Å². The van der Waals surface area contributed by atoms with Crippen LogP contribution in [-0.4, -0.2) is 30.4 Å². The number of para-hydroxylation sites is 1. The normalized spacial score (nSPS) is 11.8. The number of aryl methyl sites for hydroxylation is 1. The molecule has 0 aliphatic rings. The number of hydrazone groups is 1. The van der Waals surface area contributed by atoms with Crippen molar-refractivity contribution in [2.75, 3.05) is 7.11 Å². The monoisotopic (exact) mass is 368 g/mol. The molecule has 0 spiro atoms. The highest BCUT2D eigenvalue weighted by molar-refractivity contribution is 5.85. The number of rotatable bonds is 8. The fraction of sp³-hybridized carbons (Fsp3) is 0.238. The minimum absolute atomic E-state index is 0.0684. The smallest absolute Gasteiger partial charge is 0.280 e. The molecule has 2 N–H and O–H groups in total. The van der Waals surface area contributed by atoms with Gasteiger partial charge < -0.3 is 14.6 Å². The van der Waals surface area contributed by atoms with Gasteiger partial charge in [0.2, 0.25) is 0 Å². The second kappa shape index (κ2) is 9.43. The number of phenols is 1. The van der Waals surface area contributed by atoms with Gasteiger partial charge in [0, 0.05) is 5.56 Å². The number of aromatic hydroxyl groups is 1. The van der Waals surface area contributed by atoms with E-state index < -0.39 is 6.10 Å². The number of nitrogens with one attached hydrogen (secondary N) is 1. The predicted octanol–water partition coefficient (Wildman–Crippen LogP) is 3.36. The third-order valence-corrected chi connectivity index (χ3v) is 3.92. The fourth-order valence-electron chi connectivity index (χ4n) is 2.42. The van der Waals surface area contributed by atoms with Crippen LogP contribution in [0, 0.1) is 6.92 Å². The topological polar surface area (TPSA) is 80.2 Å². The summed E-state index contributed by atoms with van der Waals surface area (Å²) in [6.07, 6.45) is 2.95. The zero-order valence-electron chi connectivity index (χ0n) is 15.7. The van der Waals surface area contributed by atoms with Crippen LogP contribution in [0.15, 0.2) is 54.2 Å². The third kappa shape index (κ3) is 5.34. The van der Waals surface area contributed by atoms with Crippen molar-refractivity contribution < 1.29 is 19.4 Å². The Morgan fingerprint density at radius 1 is 1.33 bits per heavy atom. The van der Waals surface area contributed by atoms with Gasteiger partial charge in [0.15, 0.2) is 17.6 Å². The van der Waals surface area contributed by atoms with E-state index in [1.165, 1.54) is 13.3 Å². The molecule has 0 fully saturated rings. The molecule has 2 aromatic carbocycles. The molecule has 0 aliphatic carbocycles. The van der Waals surface area contributed by atoms with Crippen LogP contribution in [0.2, 0.25) is 0 Å². The van der Waals surface area contributed by atoms with Crippen LogP contribution in [0.25, 0.3) is 0 Å². The lowest BCUT2D eigenvalue weighted by atomic mass is 10.1. The Labute approximate surface area is 159 Å². The molecule has 0 radical (unpaired) electrons. The SMILES string of the molecule is C=CCc1cc(/C=N/NC(=O)[C@@H](C)Oc2ccccc2C)cc(OC)c1O. The van der Waals surface area contributed by atoms with Gasteiger partial charge in [0.25, 0.3) is 5.91 Å². The number of carbonyl (C=O) groups is 1. The summed E-state index contributed by atoms with van der Waals surface area (Å²) in [4.78, 5) is 12.2. The zero-order valence-corrected chi connectivity index (χ0v) is 15.7. The predicted molar refractivity (Wildman–Crippen MR) is 106 cm³/mol. The third-order valence-electron chi connectivity index (χ3n) is 3.92. The largest absolute Gasteiger partial charge is 0.504 e. The maximum atomic E-state index is 12.2. The fourth-order valence-corrected chi connectivity index (χ4v) is 2.42. The van der Waals surface area contributed by atoms with Gasteiger partial charge in [0.1, 0.15) is 5.75 Å². The van der Waals surface area contributed by atoms with E-state index >= 15 is 0 Å². The standard InChI is InChI=1S/C21H24N2O4/c1-5-8-17-11-16(12-19(26-4)20(17)24)13-22-23-21(25)15(3)27-18-10-7-6-9-14(18)2/h5-7,9-13,15,24H,1,8H2,2-4H3,(H,23,25)/b22-13+/t15-/m1/s1. The minimum atomic E-state index is -0.700. The molecule has 0 aromatic heterocycles. The van der Waals surface area contributed by atoms with Gasteiger partial charge in [-0.1, -0.05) is 24.3 Å². The maximum absolute atomic E-state index is 12.2. The molecule has 1 atom stereocenters. The van der Waals surface area contributed by atoms with E-state index in [9.17, 15) is 9.90 Å². The second-order valence-electron chi connectivity index (χ2n) is 5.98. The zero-order chi connectivity index (χ0) is 19.8. The van der Waals surface area contributed by atoms with Gasteiger partial charge in [-0.15, -0.1) is 6.58 Å². The van der Waals surface area contributed by atoms with Crippen molar-refractivity contribution in [1.82, 2.24) is 5.43 Å². The number of nitrogens with zero attached hydrogens (tertiary/aromatic N) is 1. The molecule has 6 heteroatoms. The highest BCUT2D eigenvalue weighted by atomic mass is 16.5. The Morgan fingerprint density at radius 2 is 2.07 bits per heavy atom. The Bertz CT molecular complexity index is 846. The van der Waals surface area contributed by atoms with E-state index in [2.05, 4.69) is 17.1 Å². The van der Waals surface area contributed by atoms with Crippen LogP contribution in [0.4, 0.5) is 0 Å². The molecule has 0 unspecified atom stereocenters. The molecule has 0 aliphatic heterocycles. The number of carbonyl (C=O) groups excluding carboxylic acids is 1. The van der Waals surface area contributed by atoms with Crippen molar-refractivity contribution in [3.63, 3.8) is 0 Å². The summed E-state index contributed by atoms with van der Waals surface area (Å²) in [5.41, 5.74) is 4.74. The van der Waals surface area contributed by atoms with Crippen molar-refractivity contribution in [2.45, 2.75) is 26.4 Å². The number of amides is 1. The number of hydrogen-bond donors (Lipinski definition) is 2. The summed E-state index contributed by atoms with van der Waals surface area (Å²) >= 11 is 0. The molecule has 6 nitrogen and oxygen atoms in total. The van der Waals surface area contributed by atoms with E-state index in [-0.39, 0.29) is 11.7 Å². The van der Waals surface area contributed by atoms with E-state index in [0.717, 1.165) is 5.56 Å². The summed E-state index contributed by atoms with van der Waals surface area (Å²) < 4.78 is 10.8. The molecule has 0 saturated carbocycles. The highest BCUT2D eigenvalue weighted by Crippen LogP contribution is 2.31. The molecule has 2 rings (SSSR count). The molecule has 2 aromatic rings. The first-order chi connectivity index (χ1) is 13.0. The average Bonchev–Trinajstić information content (AvgIpc) is 2.65. The van der Waals surface area contributed by atoms with E-state index in [4.69, 9.17) is 9.47 Å². The molecular weight excluding hydrogens is 344 g/mol. The molecular formula is C21H24N2O4. The summed E-state index contributed by atoms with van der Waals surface area (Å²) in [6.45, 7) is 7.24. The number of ether oxygens (including phenoxy) is 2. The van der Waals surface area contributed by atoms with Gasteiger partial charge in [-0.05, 0) is 49.6 Å². The lowest BCUT2D eigenvalue weighted by molar-refractivity contribution is -0.127.